The molecular formula is C25H18Cl2N3NaO6S. The minimum atomic E-state index is -4.70. The Labute approximate surface area is 250 Å². The quantitative estimate of drug-likeness (QED) is 0.203. The molecule has 0 unspecified atom stereocenters. The molecule has 4 aromatic carbocycles. The van der Waals surface area contributed by atoms with E-state index < -0.39 is 26.7 Å². The van der Waals surface area contributed by atoms with Crippen LogP contribution in [0.3, 0.4) is 0 Å². The molecule has 190 valence electrons. The van der Waals surface area contributed by atoms with Crippen molar-refractivity contribution in [3.63, 3.8) is 0 Å². The Morgan fingerprint density at radius 3 is 2.39 bits per heavy atom. The summed E-state index contributed by atoms with van der Waals surface area (Å²) in [6.07, 6.45) is 0. The average Bonchev–Trinajstić information content (AvgIpc) is 2.83. The van der Waals surface area contributed by atoms with Gasteiger partial charge in [0.25, 0.3) is 16.0 Å². The van der Waals surface area contributed by atoms with E-state index in [-0.39, 0.29) is 68.0 Å². The number of azo groups is 1. The number of nitrogens with one attached hydrogen (secondary N) is 1. The molecule has 2 N–H and O–H groups in total. The van der Waals surface area contributed by atoms with Gasteiger partial charge in [-0.3, -0.25) is 9.35 Å². The first kappa shape index (κ1) is 29.9. The standard InChI is InChI=1S/C25H19Cl2N3O6S.Na/c1-13-10-15(26)12-20(37(33,34)35)21(13)29-30-22-16-7-4-3-6-14(16)11-17(23(22)31)25(32)28-19-9-5-8-18(27)24(19)36-2;/h3-12,31H,1-2H3,(H,28,32)(H,33,34,35);/q;+1/p-1. The fourth-order valence-electron chi connectivity index (χ4n) is 3.71. The summed E-state index contributed by atoms with van der Waals surface area (Å²) in [5, 5.41) is 25.3. The zero-order chi connectivity index (χ0) is 26.9. The third kappa shape index (κ3) is 6.13. The second-order valence-electron chi connectivity index (χ2n) is 7.84. The molecule has 13 heteroatoms. The van der Waals surface area contributed by atoms with E-state index in [0.717, 1.165) is 6.07 Å². The Bertz CT molecular complexity index is 1700. The van der Waals surface area contributed by atoms with Crippen molar-refractivity contribution in [1.29, 1.82) is 0 Å². The number of rotatable bonds is 6. The van der Waals surface area contributed by atoms with Crippen molar-refractivity contribution in [1.82, 2.24) is 0 Å². The average molecular weight is 582 g/mol. The predicted molar refractivity (Wildman–Crippen MR) is 140 cm³/mol. The van der Waals surface area contributed by atoms with Crippen LogP contribution in [-0.2, 0) is 10.1 Å². The zero-order valence-electron chi connectivity index (χ0n) is 20.3. The summed E-state index contributed by atoms with van der Waals surface area (Å²) < 4.78 is 38.7. The first-order valence-electron chi connectivity index (χ1n) is 10.6. The van der Waals surface area contributed by atoms with E-state index in [1.54, 1.807) is 42.5 Å². The SMILES string of the molecule is COc1c(Cl)cccc1NC(=O)c1cc2ccccc2c(N=Nc2c(C)cc(Cl)cc2S(=O)(=O)O)c1[O-].[Na+]. The van der Waals surface area contributed by atoms with Gasteiger partial charge in [0, 0.05) is 16.0 Å². The van der Waals surface area contributed by atoms with Gasteiger partial charge < -0.3 is 15.2 Å². The molecule has 0 aliphatic rings. The van der Waals surface area contributed by atoms with Crippen molar-refractivity contribution in [2.24, 2.45) is 10.2 Å². The molecule has 4 aromatic rings. The molecule has 0 radical (unpaired) electrons. The maximum Gasteiger partial charge on any atom is 1.00 e. The maximum atomic E-state index is 13.4. The van der Waals surface area contributed by atoms with Gasteiger partial charge in [-0.05, 0) is 48.2 Å². The molecule has 0 fully saturated rings. The summed E-state index contributed by atoms with van der Waals surface area (Å²) in [4.78, 5) is 12.6. The number of hydrogen-bond acceptors (Lipinski definition) is 7. The van der Waals surface area contributed by atoms with Gasteiger partial charge in [0.2, 0.25) is 0 Å². The number of para-hydroxylation sites is 1. The van der Waals surface area contributed by atoms with Gasteiger partial charge >= 0.3 is 29.6 Å². The zero-order valence-corrected chi connectivity index (χ0v) is 24.6. The van der Waals surface area contributed by atoms with Gasteiger partial charge in [0.1, 0.15) is 10.6 Å². The normalized spacial score (nSPS) is 11.4. The number of hydrogen-bond donors (Lipinski definition) is 2. The van der Waals surface area contributed by atoms with Crippen LogP contribution in [0, 0.1) is 6.92 Å². The van der Waals surface area contributed by atoms with Gasteiger partial charge in [0.05, 0.1) is 23.5 Å². The molecule has 0 atom stereocenters. The number of methoxy groups -OCH3 is 1. The summed E-state index contributed by atoms with van der Waals surface area (Å²) in [7, 11) is -3.31. The molecule has 0 heterocycles. The Balaban J connectivity index is 0.00000400. The summed E-state index contributed by atoms with van der Waals surface area (Å²) in [5.74, 6) is -1.27. The van der Waals surface area contributed by atoms with Crippen molar-refractivity contribution >= 4 is 67.1 Å². The van der Waals surface area contributed by atoms with Gasteiger partial charge in [-0.1, -0.05) is 59.3 Å². The number of aryl methyl sites for hydroxylation is 1. The Kier molecular flexibility index (Phi) is 9.43. The second kappa shape index (κ2) is 12.0. The Morgan fingerprint density at radius 1 is 1.03 bits per heavy atom. The van der Waals surface area contributed by atoms with Crippen molar-refractivity contribution in [2.75, 3.05) is 12.4 Å². The van der Waals surface area contributed by atoms with Crippen LogP contribution >= 0.6 is 23.2 Å². The van der Waals surface area contributed by atoms with E-state index in [2.05, 4.69) is 15.5 Å². The third-order valence-corrected chi connectivity index (χ3v) is 6.78. The van der Waals surface area contributed by atoms with Crippen LogP contribution in [0.4, 0.5) is 17.1 Å². The van der Waals surface area contributed by atoms with Crippen LogP contribution in [0.1, 0.15) is 15.9 Å². The number of carbonyl (C=O) groups excluding carboxylic acids is 1. The number of amides is 1. The minimum Gasteiger partial charge on any atom is -0.870 e. The fraction of sp³-hybridized carbons (Fsp3) is 0.0800. The first-order valence-corrected chi connectivity index (χ1v) is 12.8. The molecule has 4 rings (SSSR count). The number of benzene rings is 4. The largest absolute Gasteiger partial charge is 1.00 e. The molecule has 0 bridgehead atoms. The molecule has 0 saturated heterocycles. The maximum absolute atomic E-state index is 13.4. The predicted octanol–water partition coefficient (Wildman–Crippen LogP) is 3.46. The Hall–Kier alpha value is -2.70. The number of fused-ring (bicyclic) bond motifs is 1. The number of carbonyl (C=O) groups is 1. The molecule has 0 spiro atoms. The Morgan fingerprint density at radius 2 is 1.71 bits per heavy atom. The monoisotopic (exact) mass is 581 g/mol. The number of anilines is 1. The molecule has 0 saturated carbocycles. The van der Waals surface area contributed by atoms with Crippen LogP contribution in [0.15, 0.2) is 75.8 Å². The number of ether oxygens (including phenoxy) is 1. The molecule has 0 aliphatic heterocycles. The van der Waals surface area contributed by atoms with E-state index in [0.29, 0.717) is 16.3 Å². The van der Waals surface area contributed by atoms with E-state index >= 15 is 0 Å². The summed E-state index contributed by atoms with van der Waals surface area (Å²) in [6.45, 7) is 1.52. The van der Waals surface area contributed by atoms with Crippen molar-refractivity contribution in [2.45, 2.75) is 11.8 Å². The first-order chi connectivity index (χ1) is 17.5. The molecule has 0 aromatic heterocycles. The van der Waals surface area contributed by atoms with Crippen LogP contribution in [-0.4, -0.2) is 26.0 Å². The summed E-state index contributed by atoms with van der Waals surface area (Å²) in [6, 6.07) is 15.3. The van der Waals surface area contributed by atoms with E-state index in [9.17, 15) is 22.9 Å². The molecule has 0 aliphatic carbocycles. The van der Waals surface area contributed by atoms with Gasteiger partial charge in [-0.25, -0.2) is 0 Å². The summed E-state index contributed by atoms with van der Waals surface area (Å²) >= 11 is 12.1. The molecule has 9 nitrogen and oxygen atoms in total. The van der Waals surface area contributed by atoms with Crippen LogP contribution < -0.4 is 44.7 Å². The minimum absolute atomic E-state index is 0. The number of nitrogens with zero attached hydrogens (tertiary/aromatic N) is 2. The fourth-order valence-corrected chi connectivity index (χ4v) is 5.02. The van der Waals surface area contributed by atoms with Crippen molar-refractivity contribution in [3.05, 3.63) is 81.8 Å². The van der Waals surface area contributed by atoms with Gasteiger partial charge in [-0.15, -0.1) is 5.11 Å². The second-order valence-corrected chi connectivity index (χ2v) is 10.1. The smallest absolute Gasteiger partial charge is 0.870 e. The van der Waals surface area contributed by atoms with Crippen LogP contribution in [0.5, 0.6) is 11.5 Å². The third-order valence-electron chi connectivity index (χ3n) is 5.40. The molecular weight excluding hydrogens is 564 g/mol. The van der Waals surface area contributed by atoms with Crippen LogP contribution in [0.25, 0.3) is 10.8 Å². The van der Waals surface area contributed by atoms with E-state index in [1.807, 2.05) is 0 Å². The number of halogens is 2. The van der Waals surface area contributed by atoms with E-state index in [1.165, 1.54) is 26.2 Å². The molecule has 1 amide bonds. The summed E-state index contributed by atoms with van der Waals surface area (Å²) in [5.41, 5.74) is -0.0868. The van der Waals surface area contributed by atoms with Crippen molar-refractivity contribution in [3.8, 4) is 11.5 Å². The molecule has 38 heavy (non-hydrogen) atoms. The van der Waals surface area contributed by atoms with Crippen LogP contribution in [0.2, 0.25) is 10.0 Å². The van der Waals surface area contributed by atoms with Crippen molar-refractivity contribution < 1.29 is 57.2 Å². The van der Waals surface area contributed by atoms with Gasteiger partial charge in [0.15, 0.2) is 5.75 Å². The van der Waals surface area contributed by atoms with Gasteiger partial charge in [-0.2, -0.15) is 13.5 Å². The topological polar surface area (TPSA) is 140 Å². The van der Waals surface area contributed by atoms with E-state index in [4.69, 9.17) is 27.9 Å².